The van der Waals surface area contributed by atoms with Crippen LogP contribution >= 0.6 is 15.9 Å². The average molecular weight is 402 g/mol. The van der Waals surface area contributed by atoms with Crippen LogP contribution in [0.2, 0.25) is 0 Å². The molecule has 0 aliphatic rings. The van der Waals surface area contributed by atoms with Gasteiger partial charge in [0, 0.05) is 11.5 Å². The van der Waals surface area contributed by atoms with E-state index >= 15 is 0 Å². The molecular formula is C14H16BrN3O4S. The van der Waals surface area contributed by atoms with Gasteiger partial charge < -0.3 is 4.74 Å². The largest absolute Gasteiger partial charge is 0.462 e. The Morgan fingerprint density at radius 1 is 1.35 bits per heavy atom. The van der Waals surface area contributed by atoms with Crippen LogP contribution in [0.15, 0.2) is 33.6 Å². The van der Waals surface area contributed by atoms with Gasteiger partial charge in [-0.05, 0) is 38.1 Å². The molecule has 2 aromatic rings. The summed E-state index contributed by atoms with van der Waals surface area (Å²) in [6.07, 6.45) is 0. The standard InChI is InChI=1S/C14H16BrN3O4S/c1-4-22-14(19)12-9(2)16-18(3)13(12)17-23(20,21)11-7-5-10(15)6-8-11/h5-8,17H,4H2,1-3H3. The Kier molecular flexibility index (Phi) is 5.10. The highest BCUT2D eigenvalue weighted by Crippen LogP contribution is 2.24. The van der Waals surface area contributed by atoms with Crippen LogP contribution in [0.4, 0.5) is 5.82 Å². The number of aromatic nitrogens is 2. The molecule has 0 fully saturated rings. The number of rotatable bonds is 5. The number of halogens is 1. The first-order chi connectivity index (χ1) is 10.8. The first-order valence-corrected chi connectivity index (χ1v) is 9.03. The second kappa shape index (κ2) is 6.71. The van der Waals surface area contributed by atoms with Crippen LogP contribution < -0.4 is 4.72 Å². The average Bonchev–Trinajstić information content (AvgIpc) is 2.73. The number of aryl methyl sites for hydroxylation is 2. The first kappa shape index (κ1) is 17.5. The van der Waals surface area contributed by atoms with Crippen molar-refractivity contribution < 1.29 is 17.9 Å². The Morgan fingerprint density at radius 3 is 2.52 bits per heavy atom. The quantitative estimate of drug-likeness (QED) is 0.776. The summed E-state index contributed by atoms with van der Waals surface area (Å²) in [5.41, 5.74) is 0.495. The zero-order chi connectivity index (χ0) is 17.2. The molecule has 0 aliphatic heterocycles. The SMILES string of the molecule is CCOC(=O)c1c(C)nn(C)c1NS(=O)(=O)c1ccc(Br)cc1. The maximum atomic E-state index is 12.5. The van der Waals surface area contributed by atoms with E-state index in [9.17, 15) is 13.2 Å². The summed E-state index contributed by atoms with van der Waals surface area (Å²) in [6.45, 7) is 3.48. The lowest BCUT2D eigenvalue weighted by molar-refractivity contribution is 0.0527. The van der Waals surface area contributed by atoms with Crippen LogP contribution in [0.25, 0.3) is 0 Å². The van der Waals surface area contributed by atoms with E-state index in [1.54, 1.807) is 33.0 Å². The summed E-state index contributed by atoms with van der Waals surface area (Å²) in [5, 5.41) is 4.09. The van der Waals surface area contributed by atoms with E-state index in [1.807, 2.05) is 0 Å². The van der Waals surface area contributed by atoms with Crippen LogP contribution in [0.5, 0.6) is 0 Å². The number of nitrogens with one attached hydrogen (secondary N) is 1. The minimum Gasteiger partial charge on any atom is -0.462 e. The van der Waals surface area contributed by atoms with Crippen molar-refractivity contribution in [2.45, 2.75) is 18.7 Å². The van der Waals surface area contributed by atoms with E-state index in [0.29, 0.717) is 5.69 Å². The number of carbonyl (C=O) groups excluding carboxylic acids is 1. The zero-order valence-corrected chi connectivity index (χ0v) is 15.2. The van der Waals surface area contributed by atoms with Gasteiger partial charge in [0.05, 0.1) is 17.2 Å². The molecule has 7 nitrogen and oxygen atoms in total. The number of sulfonamides is 1. The van der Waals surface area contributed by atoms with Gasteiger partial charge in [-0.1, -0.05) is 15.9 Å². The molecule has 1 N–H and O–H groups in total. The predicted octanol–water partition coefficient (Wildman–Crippen LogP) is 2.47. The fourth-order valence-corrected chi connectivity index (χ4v) is 3.39. The molecule has 0 aliphatic carbocycles. The summed E-state index contributed by atoms with van der Waals surface area (Å²) in [5.74, 6) is -0.546. The van der Waals surface area contributed by atoms with E-state index in [2.05, 4.69) is 25.8 Å². The van der Waals surface area contributed by atoms with Crippen molar-refractivity contribution in [2.75, 3.05) is 11.3 Å². The maximum Gasteiger partial charge on any atom is 0.343 e. The summed E-state index contributed by atoms with van der Waals surface area (Å²) < 4.78 is 34.4. The summed E-state index contributed by atoms with van der Waals surface area (Å²) in [6, 6.07) is 6.16. The van der Waals surface area contributed by atoms with E-state index < -0.39 is 16.0 Å². The molecule has 2 rings (SSSR count). The fraction of sp³-hybridized carbons (Fsp3) is 0.286. The third kappa shape index (κ3) is 3.73. The van der Waals surface area contributed by atoms with Crippen molar-refractivity contribution >= 4 is 37.7 Å². The van der Waals surface area contributed by atoms with Crippen LogP contribution in [-0.4, -0.2) is 30.8 Å². The summed E-state index contributed by atoms with van der Waals surface area (Å²) >= 11 is 3.25. The second-order valence-corrected chi connectivity index (χ2v) is 7.31. The molecule has 0 unspecified atom stereocenters. The van der Waals surface area contributed by atoms with Crippen LogP contribution in [-0.2, 0) is 21.8 Å². The lowest BCUT2D eigenvalue weighted by atomic mass is 10.2. The molecule has 124 valence electrons. The molecule has 0 atom stereocenters. The minimum atomic E-state index is -3.85. The minimum absolute atomic E-state index is 0.0730. The molecule has 9 heteroatoms. The van der Waals surface area contributed by atoms with Crippen molar-refractivity contribution in [3.8, 4) is 0 Å². The van der Waals surface area contributed by atoms with Gasteiger partial charge in [0.15, 0.2) is 5.82 Å². The third-order valence-corrected chi connectivity index (χ3v) is 4.94. The number of carbonyl (C=O) groups is 1. The Labute approximate surface area is 142 Å². The van der Waals surface area contributed by atoms with Crippen molar-refractivity contribution in [2.24, 2.45) is 7.05 Å². The van der Waals surface area contributed by atoms with E-state index in [1.165, 1.54) is 16.8 Å². The van der Waals surface area contributed by atoms with Crippen LogP contribution in [0, 0.1) is 6.92 Å². The second-order valence-electron chi connectivity index (χ2n) is 4.71. The van der Waals surface area contributed by atoms with Crippen molar-refractivity contribution in [1.29, 1.82) is 0 Å². The van der Waals surface area contributed by atoms with Crippen molar-refractivity contribution in [3.63, 3.8) is 0 Å². The number of ether oxygens (including phenoxy) is 1. The van der Waals surface area contributed by atoms with Gasteiger partial charge in [-0.2, -0.15) is 5.10 Å². The van der Waals surface area contributed by atoms with E-state index in [4.69, 9.17) is 4.74 Å². The number of hydrogen-bond donors (Lipinski definition) is 1. The van der Waals surface area contributed by atoms with Crippen molar-refractivity contribution in [1.82, 2.24) is 9.78 Å². The lowest BCUT2D eigenvalue weighted by Crippen LogP contribution is -2.18. The number of benzene rings is 1. The van der Waals surface area contributed by atoms with Gasteiger partial charge in [0.2, 0.25) is 0 Å². The summed E-state index contributed by atoms with van der Waals surface area (Å²) in [7, 11) is -2.30. The molecule has 1 aromatic heterocycles. The molecule has 0 spiro atoms. The maximum absolute atomic E-state index is 12.5. The molecular weight excluding hydrogens is 386 g/mol. The van der Waals surface area contributed by atoms with E-state index in [0.717, 1.165) is 4.47 Å². The van der Waals surface area contributed by atoms with Gasteiger partial charge in [0.1, 0.15) is 5.56 Å². The smallest absolute Gasteiger partial charge is 0.343 e. The molecule has 23 heavy (non-hydrogen) atoms. The number of hydrogen-bond acceptors (Lipinski definition) is 5. The molecule has 0 bridgehead atoms. The van der Waals surface area contributed by atoms with E-state index in [-0.39, 0.29) is 22.9 Å². The molecule has 1 aromatic carbocycles. The molecule has 0 radical (unpaired) electrons. The predicted molar refractivity (Wildman–Crippen MR) is 88.9 cm³/mol. The van der Waals surface area contributed by atoms with Gasteiger partial charge >= 0.3 is 5.97 Å². The monoisotopic (exact) mass is 401 g/mol. The topological polar surface area (TPSA) is 90.3 Å². The Hall–Kier alpha value is -1.87. The number of nitrogens with zero attached hydrogens (tertiary/aromatic N) is 2. The van der Waals surface area contributed by atoms with Crippen LogP contribution in [0.3, 0.4) is 0 Å². The normalized spacial score (nSPS) is 11.3. The lowest BCUT2D eigenvalue weighted by Gasteiger charge is -2.10. The van der Waals surface area contributed by atoms with Gasteiger partial charge in [-0.25, -0.2) is 13.2 Å². The van der Waals surface area contributed by atoms with Gasteiger partial charge in [-0.3, -0.25) is 9.40 Å². The number of anilines is 1. The first-order valence-electron chi connectivity index (χ1n) is 6.75. The molecule has 0 amide bonds. The Morgan fingerprint density at radius 2 is 1.96 bits per heavy atom. The van der Waals surface area contributed by atoms with Crippen molar-refractivity contribution in [3.05, 3.63) is 40.0 Å². The van der Waals surface area contributed by atoms with Gasteiger partial charge in [0.25, 0.3) is 10.0 Å². The molecule has 0 saturated heterocycles. The summed E-state index contributed by atoms with van der Waals surface area (Å²) in [4.78, 5) is 12.1. The zero-order valence-electron chi connectivity index (χ0n) is 12.8. The highest BCUT2D eigenvalue weighted by atomic mass is 79.9. The third-order valence-electron chi connectivity index (χ3n) is 3.06. The van der Waals surface area contributed by atoms with Crippen LogP contribution in [0.1, 0.15) is 23.0 Å². The molecule has 1 heterocycles. The van der Waals surface area contributed by atoms with Gasteiger partial charge in [-0.15, -0.1) is 0 Å². The number of esters is 1. The Bertz CT molecular complexity index is 828. The highest BCUT2D eigenvalue weighted by Gasteiger charge is 2.25. The molecule has 0 saturated carbocycles. The fourth-order valence-electron chi connectivity index (χ4n) is 2.02. The highest BCUT2D eigenvalue weighted by molar-refractivity contribution is 9.10. The Balaban J connectivity index is 2.43.